The van der Waals surface area contributed by atoms with Gasteiger partial charge in [0.15, 0.2) is 5.78 Å². The summed E-state index contributed by atoms with van der Waals surface area (Å²) in [6.45, 7) is 2.23. The van der Waals surface area contributed by atoms with Crippen molar-refractivity contribution in [1.29, 1.82) is 0 Å². The predicted octanol–water partition coefficient (Wildman–Crippen LogP) is 5.21. The molecule has 3 rings (SSSR count). The zero-order valence-corrected chi connectivity index (χ0v) is 15.2. The Morgan fingerprint density at radius 1 is 1.04 bits per heavy atom. The number of carbonyl (C=O) groups is 2. The molecule has 0 unspecified atom stereocenters. The van der Waals surface area contributed by atoms with Crippen LogP contribution in [0.2, 0.25) is 0 Å². The van der Waals surface area contributed by atoms with Crippen LogP contribution in [-0.2, 0) is 9.53 Å². The third kappa shape index (κ3) is 4.77. The number of allylic oxidation sites excluding steroid dienone is 1. The van der Waals surface area contributed by atoms with E-state index in [1.54, 1.807) is 41.7 Å². The monoisotopic (exact) mass is 362 g/mol. The van der Waals surface area contributed by atoms with Gasteiger partial charge in [0.05, 0.1) is 0 Å². The van der Waals surface area contributed by atoms with Crippen LogP contribution in [0.3, 0.4) is 0 Å². The fraction of sp³-hybridized carbons (Fsp3) is 0.0909. The van der Waals surface area contributed by atoms with E-state index in [0.717, 1.165) is 11.0 Å². The highest BCUT2D eigenvalue weighted by Gasteiger charge is 2.02. The van der Waals surface area contributed by atoms with Gasteiger partial charge in [-0.1, -0.05) is 48.0 Å². The Bertz CT molecular complexity index is 981. The molecular formula is C22H18O3S. The highest BCUT2D eigenvalue weighted by atomic mass is 32.1. The molecule has 0 fully saturated rings. The van der Waals surface area contributed by atoms with Crippen LogP contribution >= 0.6 is 11.3 Å². The van der Waals surface area contributed by atoms with Crippen LogP contribution in [0.5, 0.6) is 0 Å². The van der Waals surface area contributed by atoms with Gasteiger partial charge in [-0.3, -0.25) is 4.79 Å². The molecule has 1 aromatic heterocycles. The van der Waals surface area contributed by atoms with E-state index in [4.69, 9.17) is 4.74 Å². The van der Waals surface area contributed by atoms with Gasteiger partial charge >= 0.3 is 5.97 Å². The SMILES string of the molecule is Cc1ccc2sc(/C=C/COC(=O)/C=C/C(=O)c3ccccc3)cc2c1. The second-order valence-electron chi connectivity index (χ2n) is 5.79. The van der Waals surface area contributed by atoms with Crippen LogP contribution in [-0.4, -0.2) is 18.4 Å². The molecular weight excluding hydrogens is 344 g/mol. The van der Waals surface area contributed by atoms with E-state index in [1.807, 2.05) is 12.1 Å². The maximum Gasteiger partial charge on any atom is 0.331 e. The molecule has 2 aromatic carbocycles. The molecule has 3 aromatic rings. The van der Waals surface area contributed by atoms with Gasteiger partial charge in [0.1, 0.15) is 6.61 Å². The summed E-state index contributed by atoms with van der Waals surface area (Å²) in [6, 6.07) is 17.3. The van der Waals surface area contributed by atoms with E-state index in [1.165, 1.54) is 21.7 Å². The average Bonchev–Trinajstić information content (AvgIpc) is 3.06. The Labute approximate surface area is 156 Å². The van der Waals surface area contributed by atoms with Gasteiger partial charge in [0.25, 0.3) is 0 Å². The first-order valence-corrected chi connectivity index (χ1v) is 9.04. The summed E-state index contributed by atoms with van der Waals surface area (Å²) in [6.07, 6.45) is 6.12. The van der Waals surface area contributed by atoms with E-state index in [-0.39, 0.29) is 12.4 Å². The zero-order valence-electron chi connectivity index (χ0n) is 14.3. The van der Waals surface area contributed by atoms with Crippen LogP contribution in [0.25, 0.3) is 16.2 Å². The van der Waals surface area contributed by atoms with Crippen LogP contribution in [0.15, 0.2) is 72.8 Å². The van der Waals surface area contributed by atoms with Crippen molar-refractivity contribution >= 4 is 39.3 Å². The first-order chi connectivity index (χ1) is 12.6. The number of ketones is 1. The Morgan fingerprint density at radius 2 is 1.85 bits per heavy atom. The Balaban J connectivity index is 1.50. The minimum absolute atomic E-state index is 0.163. The number of carbonyl (C=O) groups excluding carboxylic acids is 2. The van der Waals surface area contributed by atoms with Gasteiger partial charge < -0.3 is 4.74 Å². The van der Waals surface area contributed by atoms with Gasteiger partial charge in [-0.25, -0.2) is 4.79 Å². The molecule has 4 heteroatoms. The average molecular weight is 362 g/mol. The standard InChI is InChI=1S/C22H18O3S/c1-16-9-11-21-18(14-16)15-19(26-21)8-5-13-25-22(24)12-10-20(23)17-6-3-2-4-7-17/h2-12,14-15H,13H2,1H3/b8-5+,12-10+. The summed E-state index contributed by atoms with van der Waals surface area (Å²) in [5.74, 6) is -0.760. The summed E-state index contributed by atoms with van der Waals surface area (Å²) in [5, 5.41) is 1.22. The van der Waals surface area contributed by atoms with Crippen LogP contribution in [0.4, 0.5) is 0 Å². The van der Waals surface area contributed by atoms with Crippen molar-refractivity contribution in [1.82, 2.24) is 0 Å². The smallest absolute Gasteiger partial charge is 0.331 e. The molecule has 0 radical (unpaired) electrons. The van der Waals surface area contributed by atoms with Crippen molar-refractivity contribution in [3.05, 3.63) is 88.8 Å². The van der Waals surface area contributed by atoms with Crippen molar-refractivity contribution in [2.75, 3.05) is 6.61 Å². The van der Waals surface area contributed by atoms with Crippen LogP contribution < -0.4 is 0 Å². The summed E-state index contributed by atoms with van der Waals surface area (Å²) in [7, 11) is 0. The van der Waals surface area contributed by atoms with Gasteiger partial charge in [-0.2, -0.15) is 0 Å². The van der Waals surface area contributed by atoms with Crippen LogP contribution in [0, 0.1) is 6.92 Å². The minimum Gasteiger partial charge on any atom is -0.458 e. The third-order valence-corrected chi connectivity index (χ3v) is 4.81. The molecule has 0 bridgehead atoms. The highest BCUT2D eigenvalue weighted by Crippen LogP contribution is 2.27. The first-order valence-electron chi connectivity index (χ1n) is 8.23. The lowest BCUT2D eigenvalue weighted by molar-refractivity contribution is -0.136. The van der Waals surface area contributed by atoms with Crippen molar-refractivity contribution in [3.63, 3.8) is 0 Å². The van der Waals surface area contributed by atoms with Crippen molar-refractivity contribution in [2.45, 2.75) is 6.92 Å². The minimum atomic E-state index is -0.536. The Morgan fingerprint density at radius 3 is 2.65 bits per heavy atom. The largest absolute Gasteiger partial charge is 0.458 e. The number of thiophene rings is 1. The molecule has 0 amide bonds. The molecule has 0 aliphatic heterocycles. The van der Waals surface area contributed by atoms with Gasteiger partial charge in [-0.05, 0) is 42.7 Å². The van der Waals surface area contributed by atoms with Gasteiger partial charge in [-0.15, -0.1) is 11.3 Å². The number of ether oxygens (including phenoxy) is 1. The van der Waals surface area contributed by atoms with E-state index < -0.39 is 5.97 Å². The van der Waals surface area contributed by atoms with Crippen molar-refractivity contribution < 1.29 is 14.3 Å². The molecule has 1 heterocycles. The molecule has 0 saturated carbocycles. The first kappa shape index (κ1) is 17.8. The predicted molar refractivity (Wildman–Crippen MR) is 106 cm³/mol. The Hall–Kier alpha value is -2.98. The molecule has 0 atom stereocenters. The number of hydrogen-bond donors (Lipinski definition) is 0. The van der Waals surface area contributed by atoms with Gasteiger partial charge in [0, 0.05) is 21.2 Å². The van der Waals surface area contributed by atoms with Gasteiger partial charge in [0.2, 0.25) is 0 Å². The maximum atomic E-state index is 11.9. The lowest BCUT2D eigenvalue weighted by Gasteiger charge is -1.96. The molecule has 3 nitrogen and oxygen atoms in total. The number of rotatable bonds is 6. The highest BCUT2D eigenvalue weighted by molar-refractivity contribution is 7.19. The number of fused-ring (bicyclic) bond motifs is 1. The topological polar surface area (TPSA) is 43.4 Å². The number of hydrogen-bond acceptors (Lipinski definition) is 4. The summed E-state index contributed by atoms with van der Waals surface area (Å²) >= 11 is 1.69. The van der Waals surface area contributed by atoms with Crippen LogP contribution in [0.1, 0.15) is 20.8 Å². The molecule has 0 saturated heterocycles. The lowest BCUT2D eigenvalue weighted by atomic mass is 10.1. The summed E-state index contributed by atoms with van der Waals surface area (Å²) in [5.41, 5.74) is 1.77. The summed E-state index contributed by atoms with van der Waals surface area (Å²) in [4.78, 5) is 24.6. The molecule has 0 aliphatic rings. The van der Waals surface area contributed by atoms with E-state index in [0.29, 0.717) is 5.56 Å². The molecule has 0 spiro atoms. The second kappa shape index (κ2) is 8.41. The quantitative estimate of drug-likeness (QED) is 0.344. The molecule has 0 N–H and O–H groups in total. The zero-order chi connectivity index (χ0) is 18.4. The second-order valence-corrected chi connectivity index (χ2v) is 6.90. The summed E-state index contributed by atoms with van der Waals surface area (Å²) < 4.78 is 6.31. The van der Waals surface area contributed by atoms with E-state index in [9.17, 15) is 9.59 Å². The lowest BCUT2D eigenvalue weighted by Crippen LogP contribution is -2.02. The number of benzene rings is 2. The van der Waals surface area contributed by atoms with E-state index in [2.05, 4.69) is 31.2 Å². The van der Waals surface area contributed by atoms with E-state index >= 15 is 0 Å². The normalized spacial score (nSPS) is 11.4. The molecule has 0 aliphatic carbocycles. The number of esters is 1. The fourth-order valence-electron chi connectivity index (χ4n) is 2.45. The molecule has 130 valence electrons. The van der Waals surface area contributed by atoms with Crippen molar-refractivity contribution in [2.24, 2.45) is 0 Å². The molecule has 26 heavy (non-hydrogen) atoms. The Kier molecular flexibility index (Phi) is 5.77. The maximum absolute atomic E-state index is 11.9. The fourth-order valence-corrected chi connectivity index (χ4v) is 3.43. The number of aryl methyl sites for hydroxylation is 1. The van der Waals surface area contributed by atoms with Crippen molar-refractivity contribution in [3.8, 4) is 0 Å². The third-order valence-electron chi connectivity index (χ3n) is 3.72.